The maximum atomic E-state index is 13.7. The van der Waals surface area contributed by atoms with Crippen molar-refractivity contribution in [2.75, 3.05) is 13.7 Å². The zero-order valence-corrected chi connectivity index (χ0v) is 23.1. The van der Waals surface area contributed by atoms with Crippen LogP contribution >= 0.6 is 11.6 Å². The molecular weight excluding hydrogens is 500 g/mol. The van der Waals surface area contributed by atoms with Gasteiger partial charge in [-0.05, 0) is 67.3 Å². The van der Waals surface area contributed by atoms with E-state index in [9.17, 15) is 9.59 Å². The molecule has 0 aliphatic heterocycles. The van der Waals surface area contributed by atoms with E-state index in [4.69, 9.17) is 21.1 Å². The van der Waals surface area contributed by atoms with E-state index in [1.807, 2.05) is 68.4 Å². The second-order valence-corrected chi connectivity index (χ2v) is 9.74. The number of nitrogens with one attached hydrogen (secondary N) is 1. The van der Waals surface area contributed by atoms with Gasteiger partial charge in [0.05, 0.1) is 13.7 Å². The minimum Gasteiger partial charge on any atom is -0.497 e. The predicted octanol–water partition coefficient (Wildman–Crippen LogP) is 6.06. The molecule has 0 aromatic heterocycles. The SMILES string of the molecule is CCC(C)NC(=O)C(Cc1ccccc1)N(Cc1cccc(OC)c1)C(=O)CCCOc1ccc(Cl)cc1. The zero-order chi connectivity index (χ0) is 27.3. The van der Waals surface area contributed by atoms with Gasteiger partial charge in [0.15, 0.2) is 0 Å². The molecule has 0 aliphatic carbocycles. The van der Waals surface area contributed by atoms with Gasteiger partial charge in [-0.25, -0.2) is 0 Å². The van der Waals surface area contributed by atoms with E-state index in [-0.39, 0.29) is 24.3 Å². The molecule has 2 atom stereocenters. The molecule has 202 valence electrons. The van der Waals surface area contributed by atoms with Crippen molar-refractivity contribution in [3.8, 4) is 11.5 Å². The Labute approximate surface area is 230 Å². The average Bonchev–Trinajstić information content (AvgIpc) is 2.94. The Kier molecular flexibility index (Phi) is 11.5. The number of benzene rings is 3. The molecule has 3 aromatic carbocycles. The molecule has 0 fully saturated rings. The van der Waals surface area contributed by atoms with E-state index >= 15 is 0 Å². The zero-order valence-electron chi connectivity index (χ0n) is 22.4. The quantitative estimate of drug-likeness (QED) is 0.254. The number of ether oxygens (including phenoxy) is 2. The Morgan fingerprint density at radius 2 is 1.66 bits per heavy atom. The van der Waals surface area contributed by atoms with Crippen LogP contribution in [0.15, 0.2) is 78.9 Å². The molecule has 6 nitrogen and oxygen atoms in total. The summed E-state index contributed by atoms with van der Waals surface area (Å²) in [6.07, 6.45) is 1.98. The first-order chi connectivity index (χ1) is 18.4. The van der Waals surface area contributed by atoms with Crippen molar-refractivity contribution in [3.05, 3.63) is 95.0 Å². The molecule has 0 aliphatic rings. The molecule has 0 saturated heterocycles. The monoisotopic (exact) mass is 536 g/mol. The summed E-state index contributed by atoms with van der Waals surface area (Å²) in [6, 6.07) is 23.9. The highest BCUT2D eigenvalue weighted by Gasteiger charge is 2.30. The number of halogens is 1. The maximum absolute atomic E-state index is 13.7. The summed E-state index contributed by atoms with van der Waals surface area (Å²) in [5.41, 5.74) is 1.89. The van der Waals surface area contributed by atoms with Crippen LogP contribution in [-0.2, 0) is 22.6 Å². The first-order valence-corrected chi connectivity index (χ1v) is 13.4. The van der Waals surface area contributed by atoms with E-state index in [1.54, 1.807) is 36.3 Å². The summed E-state index contributed by atoms with van der Waals surface area (Å²) in [5, 5.41) is 3.73. The molecule has 0 saturated carbocycles. The number of carbonyl (C=O) groups excluding carboxylic acids is 2. The molecule has 0 spiro atoms. The number of hydrogen-bond donors (Lipinski definition) is 1. The van der Waals surface area contributed by atoms with Crippen molar-refractivity contribution >= 4 is 23.4 Å². The average molecular weight is 537 g/mol. The van der Waals surface area contributed by atoms with Crippen molar-refractivity contribution in [2.24, 2.45) is 0 Å². The van der Waals surface area contributed by atoms with Gasteiger partial charge in [-0.1, -0.05) is 61.0 Å². The van der Waals surface area contributed by atoms with Crippen molar-refractivity contribution in [1.29, 1.82) is 0 Å². The van der Waals surface area contributed by atoms with Gasteiger partial charge in [-0.15, -0.1) is 0 Å². The normalized spacial score (nSPS) is 12.3. The van der Waals surface area contributed by atoms with Gasteiger partial charge >= 0.3 is 0 Å². The number of rotatable bonds is 14. The summed E-state index contributed by atoms with van der Waals surface area (Å²) in [6.45, 7) is 4.67. The lowest BCUT2D eigenvalue weighted by Gasteiger charge is -2.32. The van der Waals surface area contributed by atoms with Crippen LogP contribution in [0.5, 0.6) is 11.5 Å². The van der Waals surface area contributed by atoms with Crippen LogP contribution in [0.4, 0.5) is 0 Å². The van der Waals surface area contributed by atoms with Gasteiger partial charge in [0.25, 0.3) is 0 Å². The van der Waals surface area contributed by atoms with Crippen molar-refractivity contribution in [3.63, 3.8) is 0 Å². The topological polar surface area (TPSA) is 67.9 Å². The van der Waals surface area contributed by atoms with Gasteiger partial charge in [0.2, 0.25) is 11.8 Å². The van der Waals surface area contributed by atoms with E-state index in [0.717, 1.165) is 17.5 Å². The molecule has 0 heterocycles. The van der Waals surface area contributed by atoms with Crippen LogP contribution in [-0.4, -0.2) is 42.5 Å². The van der Waals surface area contributed by atoms with Gasteiger partial charge in [-0.2, -0.15) is 0 Å². The minimum atomic E-state index is -0.665. The van der Waals surface area contributed by atoms with Gasteiger partial charge in [0.1, 0.15) is 17.5 Å². The molecule has 38 heavy (non-hydrogen) atoms. The Hall–Kier alpha value is -3.51. The largest absolute Gasteiger partial charge is 0.497 e. The van der Waals surface area contributed by atoms with Crippen LogP contribution in [0.1, 0.15) is 44.2 Å². The number of amides is 2. The number of methoxy groups -OCH3 is 1. The Morgan fingerprint density at radius 1 is 0.947 bits per heavy atom. The van der Waals surface area contributed by atoms with Crippen LogP contribution < -0.4 is 14.8 Å². The van der Waals surface area contributed by atoms with Crippen LogP contribution in [0.25, 0.3) is 0 Å². The van der Waals surface area contributed by atoms with E-state index in [2.05, 4.69) is 5.32 Å². The van der Waals surface area contributed by atoms with E-state index in [0.29, 0.717) is 42.5 Å². The molecule has 0 radical (unpaired) electrons. The first kappa shape index (κ1) is 29.1. The molecule has 0 bridgehead atoms. The first-order valence-electron chi connectivity index (χ1n) is 13.0. The Balaban J connectivity index is 1.81. The highest BCUT2D eigenvalue weighted by atomic mass is 35.5. The number of carbonyl (C=O) groups is 2. The van der Waals surface area contributed by atoms with E-state index < -0.39 is 6.04 Å². The minimum absolute atomic E-state index is 0.00215. The predicted molar refractivity (Wildman–Crippen MR) is 152 cm³/mol. The summed E-state index contributed by atoms with van der Waals surface area (Å²) in [7, 11) is 1.61. The highest BCUT2D eigenvalue weighted by molar-refractivity contribution is 6.30. The summed E-state index contributed by atoms with van der Waals surface area (Å²) >= 11 is 5.94. The summed E-state index contributed by atoms with van der Waals surface area (Å²) in [4.78, 5) is 28.9. The fourth-order valence-electron chi connectivity index (χ4n) is 4.05. The van der Waals surface area contributed by atoms with Crippen molar-refractivity contribution < 1.29 is 19.1 Å². The lowest BCUT2D eigenvalue weighted by Crippen LogP contribution is -2.52. The maximum Gasteiger partial charge on any atom is 0.243 e. The number of nitrogens with zero attached hydrogens (tertiary/aromatic N) is 1. The van der Waals surface area contributed by atoms with Crippen LogP contribution in [0, 0.1) is 0 Å². The smallest absolute Gasteiger partial charge is 0.243 e. The summed E-state index contributed by atoms with van der Waals surface area (Å²) in [5.74, 6) is 1.14. The Bertz CT molecular complexity index is 1150. The molecule has 2 amide bonds. The van der Waals surface area contributed by atoms with Gasteiger partial charge in [0, 0.05) is 30.5 Å². The third-order valence-electron chi connectivity index (χ3n) is 6.38. The van der Waals surface area contributed by atoms with Crippen LogP contribution in [0.2, 0.25) is 5.02 Å². The van der Waals surface area contributed by atoms with Crippen LogP contribution in [0.3, 0.4) is 0 Å². The third-order valence-corrected chi connectivity index (χ3v) is 6.63. The molecule has 3 aromatic rings. The highest BCUT2D eigenvalue weighted by Crippen LogP contribution is 2.20. The molecule has 2 unspecified atom stereocenters. The lowest BCUT2D eigenvalue weighted by atomic mass is 10.0. The fraction of sp³-hybridized carbons (Fsp3) is 0.355. The van der Waals surface area contributed by atoms with Gasteiger partial charge < -0.3 is 19.7 Å². The number of hydrogen-bond acceptors (Lipinski definition) is 4. The van der Waals surface area contributed by atoms with Crippen molar-refractivity contribution in [1.82, 2.24) is 10.2 Å². The fourth-order valence-corrected chi connectivity index (χ4v) is 4.18. The lowest BCUT2D eigenvalue weighted by molar-refractivity contribution is -0.141. The second-order valence-electron chi connectivity index (χ2n) is 9.30. The standard InChI is InChI=1S/C31H37ClN2O4/c1-4-23(2)33-31(36)29(21-24-10-6-5-7-11-24)34(22-25-12-8-13-28(20-25)37-3)30(35)14-9-19-38-27-17-15-26(32)16-18-27/h5-8,10-13,15-18,20,23,29H,4,9,14,19,21-22H2,1-3H3,(H,33,36). The molecule has 3 rings (SSSR count). The molecular formula is C31H37ClN2O4. The molecule has 7 heteroatoms. The van der Waals surface area contributed by atoms with Gasteiger partial charge in [-0.3, -0.25) is 9.59 Å². The van der Waals surface area contributed by atoms with E-state index in [1.165, 1.54) is 0 Å². The second kappa shape index (κ2) is 15.0. The third kappa shape index (κ3) is 9.10. The molecule has 1 N–H and O–H groups in total. The van der Waals surface area contributed by atoms with Crippen molar-refractivity contribution in [2.45, 2.75) is 58.2 Å². The summed E-state index contributed by atoms with van der Waals surface area (Å²) < 4.78 is 11.2. The Morgan fingerprint density at radius 3 is 2.34 bits per heavy atom.